The molecule has 0 saturated carbocycles. The van der Waals surface area contributed by atoms with Gasteiger partial charge in [-0.3, -0.25) is 9.59 Å². The van der Waals surface area contributed by atoms with Gasteiger partial charge in [-0.05, 0) is 49.2 Å². The lowest BCUT2D eigenvalue weighted by atomic mass is 10.1. The summed E-state index contributed by atoms with van der Waals surface area (Å²) in [6.07, 6.45) is 3.60. The molecule has 9 heteroatoms. The number of benzene rings is 2. The average molecular weight is 450 g/mol. The van der Waals surface area contributed by atoms with Crippen LogP contribution in [0.2, 0.25) is 5.02 Å². The Balaban J connectivity index is 1.86. The quantitative estimate of drug-likeness (QED) is 0.730. The van der Waals surface area contributed by atoms with Gasteiger partial charge in [-0.25, -0.2) is 8.42 Å². The molecule has 3 rings (SSSR count). The molecule has 7 nitrogen and oxygen atoms in total. The maximum atomic E-state index is 13.1. The molecule has 0 bridgehead atoms. The van der Waals surface area contributed by atoms with E-state index in [4.69, 9.17) is 11.6 Å². The summed E-state index contributed by atoms with van der Waals surface area (Å²) in [6, 6.07) is 10.7. The van der Waals surface area contributed by atoms with Gasteiger partial charge < -0.3 is 10.6 Å². The third-order valence-corrected chi connectivity index (χ3v) is 7.37. The van der Waals surface area contributed by atoms with Crippen molar-refractivity contribution in [3.05, 3.63) is 58.6 Å². The fourth-order valence-corrected chi connectivity index (χ4v) is 5.37. The predicted octanol–water partition coefficient (Wildman–Crippen LogP) is 3.52. The number of carbonyl (C=O) groups is 2. The third-order valence-electron chi connectivity index (χ3n) is 4.99. The Bertz CT molecular complexity index is 1050. The number of halogens is 1. The zero-order valence-electron chi connectivity index (χ0n) is 16.7. The molecule has 0 spiro atoms. The summed E-state index contributed by atoms with van der Waals surface area (Å²) in [7, 11) is -2.28. The molecule has 2 aromatic rings. The number of carbonyl (C=O) groups excluding carboxylic acids is 2. The SMILES string of the molecule is CNC(=O)c1cccc(NC(=O)c2ccc(Cl)c(S(=O)(=O)N3CCCCCC3)c2)c1. The minimum absolute atomic E-state index is 0.0715. The first-order valence-corrected chi connectivity index (χ1v) is 11.6. The summed E-state index contributed by atoms with van der Waals surface area (Å²) in [5.74, 6) is -0.767. The molecule has 160 valence electrons. The van der Waals surface area contributed by atoms with E-state index in [0.717, 1.165) is 25.7 Å². The van der Waals surface area contributed by atoms with Crippen molar-refractivity contribution in [2.45, 2.75) is 30.6 Å². The highest BCUT2D eigenvalue weighted by Gasteiger charge is 2.28. The molecule has 30 heavy (non-hydrogen) atoms. The van der Waals surface area contributed by atoms with Crippen LogP contribution in [0.1, 0.15) is 46.4 Å². The second-order valence-electron chi connectivity index (χ2n) is 7.08. The number of anilines is 1. The van der Waals surface area contributed by atoms with E-state index >= 15 is 0 Å². The molecule has 0 atom stereocenters. The second-order valence-corrected chi connectivity index (χ2v) is 9.39. The Hall–Kier alpha value is -2.42. The Kier molecular flexibility index (Phi) is 7.12. The van der Waals surface area contributed by atoms with E-state index in [9.17, 15) is 18.0 Å². The van der Waals surface area contributed by atoms with Crippen LogP contribution in [0.25, 0.3) is 0 Å². The molecular weight excluding hydrogens is 426 g/mol. The lowest BCUT2D eigenvalue weighted by Crippen LogP contribution is -2.32. The van der Waals surface area contributed by atoms with Crippen molar-refractivity contribution in [3.63, 3.8) is 0 Å². The predicted molar refractivity (Wildman–Crippen MR) is 116 cm³/mol. The van der Waals surface area contributed by atoms with Gasteiger partial charge in [-0.1, -0.05) is 30.5 Å². The van der Waals surface area contributed by atoms with Crippen LogP contribution in [0.3, 0.4) is 0 Å². The summed E-state index contributed by atoms with van der Waals surface area (Å²) >= 11 is 6.20. The van der Waals surface area contributed by atoms with Crippen molar-refractivity contribution in [2.24, 2.45) is 0 Å². The largest absolute Gasteiger partial charge is 0.355 e. The maximum Gasteiger partial charge on any atom is 0.255 e. The zero-order chi connectivity index (χ0) is 21.7. The number of hydrogen-bond donors (Lipinski definition) is 2. The zero-order valence-corrected chi connectivity index (χ0v) is 18.2. The van der Waals surface area contributed by atoms with Gasteiger partial charge in [0, 0.05) is 37.0 Å². The van der Waals surface area contributed by atoms with E-state index in [0.29, 0.717) is 24.3 Å². The smallest absolute Gasteiger partial charge is 0.255 e. The number of nitrogens with zero attached hydrogens (tertiary/aromatic N) is 1. The molecular formula is C21H24ClN3O4S. The van der Waals surface area contributed by atoms with Gasteiger partial charge in [0.25, 0.3) is 11.8 Å². The molecule has 1 heterocycles. The van der Waals surface area contributed by atoms with Crippen LogP contribution in [0, 0.1) is 0 Å². The van der Waals surface area contributed by atoms with Crippen LogP contribution in [0.5, 0.6) is 0 Å². The summed E-state index contributed by atoms with van der Waals surface area (Å²) in [5.41, 5.74) is 0.988. The molecule has 1 aliphatic rings. The topological polar surface area (TPSA) is 95.6 Å². The second kappa shape index (κ2) is 9.59. The fourth-order valence-electron chi connectivity index (χ4n) is 3.35. The molecule has 2 aromatic carbocycles. The van der Waals surface area contributed by atoms with E-state index < -0.39 is 15.9 Å². The number of sulfonamides is 1. The van der Waals surface area contributed by atoms with E-state index in [-0.39, 0.29) is 21.4 Å². The van der Waals surface area contributed by atoms with Crippen molar-refractivity contribution >= 4 is 39.1 Å². The third kappa shape index (κ3) is 5.00. The Morgan fingerprint density at radius 2 is 1.60 bits per heavy atom. The molecule has 0 unspecified atom stereocenters. The molecule has 1 fully saturated rings. The van der Waals surface area contributed by atoms with Gasteiger partial charge in [-0.15, -0.1) is 0 Å². The van der Waals surface area contributed by atoms with Gasteiger partial charge >= 0.3 is 0 Å². The lowest BCUT2D eigenvalue weighted by molar-refractivity contribution is 0.0961. The van der Waals surface area contributed by atoms with Crippen molar-refractivity contribution in [2.75, 3.05) is 25.5 Å². The Morgan fingerprint density at radius 1 is 0.933 bits per heavy atom. The number of hydrogen-bond acceptors (Lipinski definition) is 4. The first-order chi connectivity index (χ1) is 14.3. The highest BCUT2D eigenvalue weighted by molar-refractivity contribution is 7.89. The molecule has 0 aliphatic carbocycles. The summed E-state index contributed by atoms with van der Waals surface area (Å²) in [5, 5.41) is 5.30. The number of rotatable bonds is 5. The van der Waals surface area contributed by atoms with Crippen LogP contribution >= 0.6 is 11.6 Å². The summed E-state index contributed by atoms with van der Waals surface area (Å²) in [4.78, 5) is 24.4. The standard InChI is InChI=1S/C21H24ClN3O4S/c1-23-20(26)15-7-6-8-17(13-15)24-21(27)16-9-10-18(22)19(14-16)30(28,29)25-11-4-2-3-5-12-25/h6-10,13-14H,2-5,11-12H2,1H3,(H,23,26)(H,24,27). The average Bonchev–Trinajstić information content (AvgIpc) is 3.03. The molecule has 2 amide bonds. The summed E-state index contributed by atoms with van der Waals surface area (Å²) < 4.78 is 27.7. The monoisotopic (exact) mass is 449 g/mol. The molecule has 0 aromatic heterocycles. The highest BCUT2D eigenvalue weighted by Crippen LogP contribution is 2.28. The molecule has 2 N–H and O–H groups in total. The fraction of sp³-hybridized carbons (Fsp3) is 0.333. The Morgan fingerprint density at radius 3 is 2.27 bits per heavy atom. The van der Waals surface area contributed by atoms with Gasteiger partial charge in [-0.2, -0.15) is 4.31 Å². The number of amides is 2. The highest BCUT2D eigenvalue weighted by atomic mass is 35.5. The van der Waals surface area contributed by atoms with Crippen molar-refractivity contribution in [3.8, 4) is 0 Å². The van der Waals surface area contributed by atoms with Gasteiger partial charge in [0.05, 0.1) is 5.02 Å². The van der Waals surface area contributed by atoms with E-state index in [1.165, 1.54) is 29.6 Å². The van der Waals surface area contributed by atoms with Gasteiger partial charge in [0.15, 0.2) is 0 Å². The van der Waals surface area contributed by atoms with Crippen LogP contribution in [0.15, 0.2) is 47.4 Å². The van der Waals surface area contributed by atoms with Gasteiger partial charge in [0.1, 0.15) is 4.90 Å². The van der Waals surface area contributed by atoms with E-state index in [2.05, 4.69) is 10.6 Å². The first-order valence-electron chi connectivity index (χ1n) is 9.76. The lowest BCUT2D eigenvalue weighted by Gasteiger charge is -2.21. The van der Waals surface area contributed by atoms with Crippen molar-refractivity contribution in [1.29, 1.82) is 0 Å². The first kappa shape index (κ1) is 22.3. The minimum atomic E-state index is -3.80. The molecule has 0 radical (unpaired) electrons. The molecule has 1 saturated heterocycles. The maximum absolute atomic E-state index is 13.1. The van der Waals surface area contributed by atoms with Crippen LogP contribution < -0.4 is 10.6 Å². The summed E-state index contributed by atoms with van der Waals surface area (Å²) in [6.45, 7) is 0.892. The minimum Gasteiger partial charge on any atom is -0.355 e. The van der Waals surface area contributed by atoms with E-state index in [1.54, 1.807) is 24.3 Å². The van der Waals surface area contributed by atoms with Gasteiger partial charge in [0.2, 0.25) is 10.0 Å². The van der Waals surface area contributed by atoms with E-state index in [1.807, 2.05) is 0 Å². The van der Waals surface area contributed by atoms with Crippen molar-refractivity contribution in [1.82, 2.24) is 9.62 Å². The normalized spacial score (nSPS) is 15.3. The van der Waals surface area contributed by atoms with Crippen LogP contribution in [0.4, 0.5) is 5.69 Å². The van der Waals surface area contributed by atoms with Crippen LogP contribution in [-0.4, -0.2) is 44.7 Å². The van der Waals surface area contributed by atoms with Crippen molar-refractivity contribution < 1.29 is 18.0 Å². The Labute approximate surface area is 181 Å². The van der Waals surface area contributed by atoms with Crippen LogP contribution in [-0.2, 0) is 10.0 Å². The molecule has 1 aliphatic heterocycles. The number of nitrogens with one attached hydrogen (secondary N) is 2.